The van der Waals surface area contributed by atoms with E-state index in [1.807, 2.05) is 18.2 Å². The van der Waals surface area contributed by atoms with Crippen molar-refractivity contribution < 1.29 is 9.84 Å². The number of piperazine rings is 1. The van der Waals surface area contributed by atoms with Gasteiger partial charge in [0.2, 0.25) is 0 Å². The van der Waals surface area contributed by atoms with Gasteiger partial charge in [0.25, 0.3) is 0 Å². The molecule has 2 bridgehead atoms. The summed E-state index contributed by atoms with van der Waals surface area (Å²) >= 11 is 6.46. The SMILES string of the molecule is CC(Oc1nc2c(c(N3CC4CCC(C3)N4)n1)CCN(c1cc(O)c(Cl)c3ccccc13)C2)[C@@H]1CCCN1. The summed E-state index contributed by atoms with van der Waals surface area (Å²) in [6.45, 7) is 6.54. The molecule has 3 N–H and O–H groups in total. The van der Waals surface area contributed by atoms with Crippen molar-refractivity contribution in [2.75, 3.05) is 36.0 Å². The molecule has 0 amide bonds. The van der Waals surface area contributed by atoms with Crippen LogP contribution in [0.4, 0.5) is 11.5 Å². The summed E-state index contributed by atoms with van der Waals surface area (Å²) in [4.78, 5) is 14.8. The highest BCUT2D eigenvalue weighted by molar-refractivity contribution is 6.37. The van der Waals surface area contributed by atoms with Gasteiger partial charge in [0.05, 0.1) is 17.3 Å². The van der Waals surface area contributed by atoms with Crippen LogP contribution in [-0.4, -0.2) is 65.5 Å². The molecule has 2 aromatic carbocycles. The minimum Gasteiger partial charge on any atom is -0.506 e. The fraction of sp³-hybridized carbons (Fsp3) is 0.517. The van der Waals surface area contributed by atoms with Crippen molar-refractivity contribution in [1.82, 2.24) is 20.6 Å². The van der Waals surface area contributed by atoms with Crippen LogP contribution < -0.4 is 25.2 Å². The fourth-order valence-corrected chi connectivity index (χ4v) is 7.03. The van der Waals surface area contributed by atoms with Crippen molar-refractivity contribution in [2.24, 2.45) is 0 Å². The molecule has 200 valence electrons. The summed E-state index contributed by atoms with van der Waals surface area (Å²) in [7, 11) is 0. The number of benzene rings is 2. The van der Waals surface area contributed by atoms with Gasteiger partial charge in [-0.15, -0.1) is 0 Å². The van der Waals surface area contributed by atoms with E-state index in [1.165, 1.54) is 24.8 Å². The van der Waals surface area contributed by atoms with E-state index in [9.17, 15) is 5.11 Å². The van der Waals surface area contributed by atoms with Gasteiger partial charge in [-0.3, -0.25) is 0 Å². The molecule has 3 fully saturated rings. The zero-order valence-electron chi connectivity index (χ0n) is 21.8. The van der Waals surface area contributed by atoms with Gasteiger partial charge >= 0.3 is 6.01 Å². The topological polar surface area (TPSA) is 85.8 Å². The summed E-state index contributed by atoms with van der Waals surface area (Å²) in [6.07, 6.45) is 5.57. The maximum Gasteiger partial charge on any atom is 0.318 e. The first-order chi connectivity index (χ1) is 18.5. The van der Waals surface area contributed by atoms with Crippen molar-refractivity contribution in [3.05, 3.63) is 46.6 Å². The van der Waals surface area contributed by atoms with E-state index < -0.39 is 0 Å². The van der Waals surface area contributed by atoms with Gasteiger partial charge in [-0.25, -0.2) is 0 Å². The summed E-state index contributed by atoms with van der Waals surface area (Å²) in [5.41, 5.74) is 3.20. The highest BCUT2D eigenvalue weighted by Gasteiger charge is 2.36. The van der Waals surface area contributed by atoms with Gasteiger partial charge in [0.15, 0.2) is 0 Å². The number of rotatable bonds is 5. The Balaban J connectivity index is 1.26. The van der Waals surface area contributed by atoms with E-state index in [2.05, 4.69) is 33.4 Å². The average molecular weight is 535 g/mol. The second kappa shape index (κ2) is 9.74. The highest BCUT2D eigenvalue weighted by atomic mass is 35.5. The van der Waals surface area contributed by atoms with Crippen LogP contribution in [0.25, 0.3) is 10.8 Å². The molecule has 1 aromatic heterocycles. The number of phenols is 1. The van der Waals surface area contributed by atoms with Crippen molar-refractivity contribution in [3.8, 4) is 11.8 Å². The predicted molar refractivity (Wildman–Crippen MR) is 151 cm³/mol. The first kappa shape index (κ1) is 24.2. The largest absolute Gasteiger partial charge is 0.506 e. The van der Waals surface area contributed by atoms with Crippen LogP contribution in [0.15, 0.2) is 30.3 Å². The molecule has 9 heteroatoms. The molecule has 0 radical (unpaired) electrons. The molecule has 3 unspecified atom stereocenters. The molecule has 3 saturated heterocycles. The monoisotopic (exact) mass is 534 g/mol. The lowest BCUT2D eigenvalue weighted by atomic mass is 10.0. The molecule has 38 heavy (non-hydrogen) atoms. The summed E-state index contributed by atoms with van der Waals surface area (Å²) in [5, 5.41) is 20.2. The quantitative estimate of drug-likeness (QED) is 0.453. The van der Waals surface area contributed by atoms with Gasteiger partial charge < -0.3 is 30.3 Å². The number of hydrogen-bond acceptors (Lipinski definition) is 8. The van der Waals surface area contributed by atoms with Crippen LogP contribution in [0.1, 0.15) is 43.9 Å². The molecule has 4 atom stereocenters. The van der Waals surface area contributed by atoms with Crippen LogP contribution in [-0.2, 0) is 13.0 Å². The Hall–Kier alpha value is -2.81. The minimum atomic E-state index is -0.000507. The van der Waals surface area contributed by atoms with Crippen LogP contribution in [0.2, 0.25) is 5.02 Å². The first-order valence-electron chi connectivity index (χ1n) is 14.0. The number of ether oxygens (including phenoxy) is 1. The Morgan fingerprint density at radius 2 is 1.87 bits per heavy atom. The van der Waals surface area contributed by atoms with Crippen LogP contribution in [0.5, 0.6) is 11.8 Å². The second-order valence-electron chi connectivity index (χ2n) is 11.3. The van der Waals surface area contributed by atoms with E-state index in [-0.39, 0.29) is 11.9 Å². The van der Waals surface area contributed by atoms with Gasteiger partial charge in [-0.1, -0.05) is 35.9 Å². The third-order valence-corrected chi connectivity index (χ3v) is 9.17. The Morgan fingerprint density at radius 1 is 1.08 bits per heavy atom. The second-order valence-corrected chi connectivity index (χ2v) is 11.6. The van der Waals surface area contributed by atoms with Crippen LogP contribution >= 0.6 is 11.6 Å². The zero-order valence-corrected chi connectivity index (χ0v) is 22.5. The first-order valence-corrected chi connectivity index (χ1v) is 14.4. The third-order valence-electron chi connectivity index (χ3n) is 8.77. The van der Waals surface area contributed by atoms with Crippen LogP contribution in [0.3, 0.4) is 0 Å². The van der Waals surface area contributed by atoms with Crippen molar-refractivity contribution in [2.45, 2.75) is 69.8 Å². The molecule has 0 aliphatic carbocycles. The molecule has 4 aliphatic rings. The van der Waals surface area contributed by atoms with E-state index in [4.69, 9.17) is 26.3 Å². The van der Waals surface area contributed by atoms with Crippen molar-refractivity contribution >= 4 is 33.9 Å². The van der Waals surface area contributed by atoms with Gasteiger partial charge in [0.1, 0.15) is 17.7 Å². The van der Waals surface area contributed by atoms with E-state index in [1.54, 1.807) is 6.07 Å². The van der Waals surface area contributed by atoms with Gasteiger partial charge in [-0.05, 0) is 45.6 Å². The number of anilines is 2. The lowest BCUT2D eigenvalue weighted by Crippen LogP contribution is -2.52. The van der Waals surface area contributed by atoms with Crippen molar-refractivity contribution in [1.29, 1.82) is 0 Å². The Bertz CT molecular complexity index is 1350. The van der Waals surface area contributed by atoms with Gasteiger partial charge in [-0.2, -0.15) is 9.97 Å². The normalized spacial score (nSPS) is 25.6. The zero-order chi connectivity index (χ0) is 25.8. The Kier molecular flexibility index (Phi) is 6.21. The fourth-order valence-electron chi connectivity index (χ4n) is 6.81. The summed E-state index contributed by atoms with van der Waals surface area (Å²) < 4.78 is 6.41. The number of fused-ring (bicyclic) bond motifs is 4. The number of halogens is 1. The molecule has 4 aliphatic heterocycles. The molecule has 0 saturated carbocycles. The van der Waals surface area contributed by atoms with E-state index >= 15 is 0 Å². The number of phenolic OH excluding ortho intramolecular Hbond substituents is 1. The Labute approximate surface area is 228 Å². The maximum atomic E-state index is 10.6. The molecule has 7 rings (SSSR count). The maximum absolute atomic E-state index is 10.6. The lowest BCUT2D eigenvalue weighted by molar-refractivity contribution is 0.164. The highest BCUT2D eigenvalue weighted by Crippen LogP contribution is 2.41. The summed E-state index contributed by atoms with van der Waals surface area (Å²) in [5.74, 6) is 1.14. The number of aromatic nitrogens is 2. The average Bonchev–Trinajstić information content (AvgIpc) is 3.59. The minimum absolute atomic E-state index is 0.000507. The smallest absolute Gasteiger partial charge is 0.318 e. The number of hydrogen-bond donors (Lipinski definition) is 3. The lowest BCUT2D eigenvalue weighted by Gasteiger charge is -2.38. The Morgan fingerprint density at radius 3 is 2.63 bits per heavy atom. The molecule has 0 spiro atoms. The standard InChI is InChI=1S/C29H35ClN6O2/c1-17(23-7-4-11-31-23)38-29-33-24-16-35(25-13-26(37)27(30)21-6-3-2-5-20(21)25)12-10-22(24)28(34-29)36-14-18-8-9-19(15-36)32-18/h2-3,5-6,13,17-19,23,31-32,37H,4,7-12,14-16H2,1H3/t17?,18?,19?,23-/m0/s1. The third kappa shape index (κ3) is 4.32. The van der Waals surface area contributed by atoms with E-state index in [0.717, 1.165) is 67.0 Å². The predicted octanol–water partition coefficient (Wildman–Crippen LogP) is 4.01. The summed E-state index contributed by atoms with van der Waals surface area (Å²) in [6, 6.07) is 11.6. The van der Waals surface area contributed by atoms with E-state index in [0.29, 0.717) is 35.7 Å². The van der Waals surface area contributed by atoms with Crippen LogP contribution in [0, 0.1) is 0 Å². The number of nitrogens with zero attached hydrogens (tertiary/aromatic N) is 4. The molecular weight excluding hydrogens is 500 g/mol. The molecule has 8 nitrogen and oxygen atoms in total. The molecule has 3 aromatic rings. The molecule has 5 heterocycles. The van der Waals surface area contributed by atoms with Crippen molar-refractivity contribution in [3.63, 3.8) is 0 Å². The number of nitrogens with one attached hydrogen (secondary N) is 2. The molecular formula is C29H35ClN6O2. The number of aromatic hydroxyl groups is 1. The van der Waals surface area contributed by atoms with Gasteiger partial charge in [0, 0.05) is 65.8 Å².